The molecule has 0 aliphatic rings. The highest BCUT2D eigenvalue weighted by Gasteiger charge is 2.16. The Morgan fingerprint density at radius 1 is 0.600 bits per heavy atom. The van der Waals surface area contributed by atoms with Gasteiger partial charge in [0.2, 0.25) is 0 Å². The Hall–Kier alpha value is -3.39. The lowest BCUT2D eigenvalue weighted by atomic mass is 10.0. The van der Waals surface area contributed by atoms with Gasteiger partial charge >= 0.3 is 0 Å². The van der Waals surface area contributed by atoms with Crippen LogP contribution < -0.4 is 0 Å². The normalized spacial score (nSPS) is 12.0. The van der Waals surface area contributed by atoms with Crippen molar-refractivity contribution in [3.63, 3.8) is 0 Å². The largest absolute Gasteiger partial charge is 0.308 e. The molecule has 0 radical (unpaired) electrons. The van der Waals surface area contributed by atoms with Gasteiger partial charge in [-0.15, -0.1) is 0 Å². The van der Waals surface area contributed by atoms with Crippen molar-refractivity contribution in [2.24, 2.45) is 0 Å². The van der Waals surface area contributed by atoms with Crippen LogP contribution in [0.5, 0.6) is 0 Å². The number of aromatic nitrogens is 2. The minimum Gasteiger partial charge on any atom is -0.308 e. The third-order valence-corrected chi connectivity index (χ3v) is 5.22. The van der Waals surface area contributed by atoms with Crippen LogP contribution in [0, 0.1) is 0 Å². The van der Waals surface area contributed by atoms with Crippen LogP contribution >= 0.6 is 0 Å². The molecule has 0 aliphatic heterocycles. The summed E-state index contributed by atoms with van der Waals surface area (Å²) in [5.41, 5.74) is 6.22. The summed E-state index contributed by atoms with van der Waals surface area (Å²) in [4.78, 5) is 4.26. The van der Waals surface area contributed by atoms with Crippen molar-refractivity contribution in [1.29, 1.82) is 0 Å². The van der Waals surface area contributed by atoms with Gasteiger partial charge in [-0.25, -0.2) is 0 Å². The molecule has 0 amide bonds. The van der Waals surface area contributed by atoms with Gasteiger partial charge in [0.1, 0.15) is 0 Å². The van der Waals surface area contributed by atoms with Gasteiger partial charge < -0.3 is 4.40 Å². The molecule has 3 aromatic heterocycles. The van der Waals surface area contributed by atoms with E-state index >= 15 is 0 Å². The average molecular weight is 318 g/mol. The molecule has 0 bridgehead atoms. The molecule has 2 nitrogen and oxygen atoms in total. The van der Waals surface area contributed by atoms with Crippen molar-refractivity contribution in [3.8, 4) is 11.1 Å². The van der Waals surface area contributed by atoms with Crippen LogP contribution in [0.2, 0.25) is 0 Å². The lowest BCUT2D eigenvalue weighted by Crippen LogP contribution is -1.82. The first-order valence-corrected chi connectivity index (χ1v) is 8.49. The molecule has 0 atom stereocenters. The summed E-state index contributed by atoms with van der Waals surface area (Å²) >= 11 is 0. The third kappa shape index (κ3) is 1.61. The quantitative estimate of drug-likeness (QED) is 0.369. The fourth-order valence-corrected chi connectivity index (χ4v) is 4.15. The van der Waals surface area contributed by atoms with Crippen LogP contribution in [-0.2, 0) is 0 Å². The van der Waals surface area contributed by atoms with Crippen LogP contribution in [0.1, 0.15) is 0 Å². The molecule has 0 unspecified atom stereocenters. The first-order chi connectivity index (χ1) is 12.4. The Balaban J connectivity index is 1.82. The summed E-state index contributed by atoms with van der Waals surface area (Å²) in [6, 6.07) is 26.1. The molecule has 6 aromatic rings. The fourth-order valence-electron chi connectivity index (χ4n) is 4.15. The van der Waals surface area contributed by atoms with E-state index in [1.54, 1.807) is 0 Å². The van der Waals surface area contributed by atoms with E-state index in [1.807, 2.05) is 18.5 Å². The summed E-state index contributed by atoms with van der Waals surface area (Å²) in [6.45, 7) is 0. The number of hydrogen-bond donors (Lipinski definition) is 0. The molecule has 116 valence electrons. The van der Waals surface area contributed by atoms with Gasteiger partial charge in [0.25, 0.3) is 0 Å². The van der Waals surface area contributed by atoms with Crippen molar-refractivity contribution < 1.29 is 0 Å². The van der Waals surface area contributed by atoms with E-state index in [4.69, 9.17) is 0 Å². The number of benzene rings is 3. The number of para-hydroxylation sites is 2. The molecule has 0 saturated carbocycles. The molecule has 0 spiro atoms. The highest BCUT2D eigenvalue weighted by Crippen LogP contribution is 2.39. The number of hydrogen-bond acceptors (Lipinski definition) is 1. The zero-order valence-electron chi connectivity index (χ0n) is 13.5. The van der Waals surface area contributed by atoms with Crippen molar-refractivity contribution >= 4 is 38.1 Å². The van der Waals surface area contributed by atoms with E-state index in [2.05, 4.69) is 76.1 Å². The molecule has 3 aromatic carbocycles. The van der Waals surface area contributed by atoms with Crippen molar-refractivity contribution in [1.82, 2.24) is 9.38 Å². The summed E-state index contributed by atoms with van der Waals surface area (Å²) in [6.07, 6.45) is 3.74. The molecule has 0 N–H and O–H groups in total. The van der Waals surface area contributed by atoms with Crippen molar-refractivity contribution in [2.75, 3.05) is 0 Å². The van der Waals surface area contributed by atoms with Crippen LogP contribution in [0.25, 0.3) is 49.2 Å². The average Bonchev–Trinajstić information content (AvgIpc) is 3.20. The van der Waals surface area contributed by atoms with Gasteiger partial charge in [-0.1, -0.05) is 48.5 Å². The standard InChI is InChI=1S/C23H14N2/c1-2-9-21-17(6-1)18-7-3-8-19-20-13-15(16-5-4-12-24-14-16)10-11-22(20)25(21)23(18)19/h1-14H. The second kappa shape index (κ2) is 4.58. The summed E-state index contributed by atoms with van der Waals surface area (Å²) < 4.78 is 2.41. The minimum atomic E-state index is 1.15. The van der Waals surface area contributed by atoms with Crippen molar-refractivity contribution in [2.45, 2.75) is 0 Å². The molecule has 6 rings (SSSR count). The Morgan fingerprint density at radius 2 is 1.40 bits per heavy atom. The van der Waals surface area contributed by atoms with Gasteiger partial charge in [0.05, 0.1) is 16.6 Å². The third-order valence-electron chi connectivity index (χ3n) is 5.22. The van der Waals surface area contributed by atoms with E-state index in [1.165, 1.54) is 43.7 Å². The summed E-state index contributed by atoms with van der Waals surface area (Å²) in [5.74, 6) is 0. The minimum absolute atomic E-state index is 1.15. The van der Waals surface area contributed by atoms with Gasteiger partial charge in [-0.05, 0) is 29.8 Å². The number of pyridine rings is 1. The molecule has 0 aliphatic carbocycles. The van der Waals surface area contributed by atoms with Crippen LogP contribution in [-0.4, -0.2) is 9.38 Å². The van der Waals surface area contributed by atoms with Crippen LogP contribution in [0.3, 0.4) is 0 Å². The van der Waals surface area contributed by atoms with E-state index in [0.717, 1.165) is 5.56 Å². The second-order valence-electron chi connectivity index (χ2n) is 6.53. The Bertz CT molecular complexity index is 1380. The lowest BCUT2D eigenvalue weighted by Gasteiger charge is -2.02. The molecule has 2 heteroatoms. The molecular weight excluding hydrogens is 304 g/mol. The van der Waals surface area contributed by atoms with Gasteiger partial charge in [0, 0.05) is 39.5 Å². The first-order valence-electron chi connectivity index (χ1n) is 8.49. The van der Waals surface area contributed by atoms with Crippen LogP contribution in [0.4, 0.5) is 0 Å². The maximum Gasteiger partial charge on any atom is 0.0620 e. The molecule has 3 heterocycles. The summed E-state index contributed by atoms with van der Waals surface area (Å²) in [5, 5.41) is 5.26. The van der Waals surface area contributed by atoms with E-state index in [0.29, 0.717) is 0 Å². The molecule has 0 fully saturated rings. The Kier molecular flexibility index (Phi) is 2.37. The molecular formula is C23H14N2. The number of rotatable bonds is 1. The predicted molar refractivity (Wildman–Crippen MR) is 104 cm³/mol. The summed E-state index contributed by atoms with van der Waals surface area (Å²) in [7, 11) is 0. The Labute approximate surface area is 144 Å². The second-order valence-corrected chi connectivity index (χ2v) is 6.53. The number of nitrogens with zero attached hydrogens (tertiary/aromatic N) is 2. The highest BCUT2D eigenvalue weighted by molar-refractivity contribution is 6.23. The zero-order chi connectivity index (χ0) is 16.4. The first kappa shape index (κ1) is 13.0. The lowest BCUT2D eigenvalue weighted by molar-refractivity contribution is 1.33. The van der Waals surface area contributed by atoms with Gasteiger partial charge in [-0.3, -0.25) is 4.98 Å². The fraction of sp³-hybridized carbons (Fsp3) is 0. The van der Waals surface area contributed by atoms with Crippen LogP contribution in [0.15, 0.2) is 85.2 Å². The number of fused-ring (bicyclic) bond motifs is 6. The smallest absolute Gasteiger partial charge is 0.0620 e. The van der Waals surface area contributed by atoms with E-state index < -0.39 is 0 Å². The highest BCUT2D eigenvalue weighted by atomic mass is 14.9. The van der Waals surface area contributed by atoms with E-state index in [-0.39, 0.29) is 0 Å². The van der Waals surface area contributed by atoms with E-state index in [9.17, 15) is 0 Å². The SMILES string of the molecule is c1cncc(-c2ccc3c(c2)c2cccc4c5ccccc5n3c42)c1. The Morgan fingerprint density at radius 3 is 2.28 bits per heavy atom. The monoisotopic (exact) mass is 318 g/mol. The maximum atomic E-state index is 4.26. The van der Waals surface area contributed by atoms with Gasteiger partial charge in [0.15, 0.2) is 0 Å². The van der Waals surface area contributed by atoms with Gasteiger partial charge in [-0.2, -0.15) is 0 Å². The topological polar surface area (TPSA) is 17.3 Å². The zero-order valence-corrected chi connectivity index (χ0v) is 13.5. The van der Waals surface area contributed by atoms with Crippen molar-refractivity contribution in [3.05, 3.63) is 85.2 Å². The maximum absolute atomic E-state index is 4.26. The predicted octanol–water partition coefficient (Wildman–Crippen LogP) is 5.90. The molecule has 0 saturated heterocycles. The molecule has 25 heavy (non-hydrogen) atoms.